The van der Waals surface area contributed by atoms with Gasteiger partial charge in [0.15, 0.2) is 0 Å². The maximum absolute atomic E-state index is 5.57. The number of rotatable bonds is 4. The smallest absolute Gasteiger partial charge is 0.132 e. The number of nitrogens with one attached hydrogen (secondary N) is 2. The van der Waals surface area contributed by atoms with Crippen LogP contribution in [0.15, 0.2) is 24.4 Å². The van der Waals surface area contributed by atoms with Gasteiger partial charge in [-0.15, -0.1) is 0 Å². The fraction of sp³-hybridized carbons (Fsp3) is 0.467. The van der Waals surface area contributed by atoms with Gasteiger partial charge in [-0.25, -0.2) is 0 Å². The van der Waals surface area contributed by atoms with Crippen LogP contribution in [-0.4, -0.2) is 18.1 Å². The Morgan fingerprint density at radius 2 is 2.11 bits per heavy atom. The van der Waals surface area contributed by atoms with E-state index in [0.29, 0.717) is 6.04 Å². The Bertz CT molecular complexity index is 526. The molecular weight excluding hydrogens is 224 g/mol. The first-order chi connectivity index (χ1) is 8.88. The van der Waals surface area contributed by atoms with Crippen LogP contribution in [-0.2, 0) is 6.54 Å². The van der Waals surface area contributed by atoms with Gasteiger partial charge in [0.25, 0.3) is 0 Å². The number of aromatic nitrogens is 1. The molecule has 0 bridgehead atoms. The number of fused-ring (bicyclic) bond motifs is 1. The van der Waals surface area contributed by atoms with Crippen molar-refractivity contribution < 1.29 is 4.74 Å². The Balaban J connectivity index is 1.81. The van der Waals surface area contributed by atoms with Gasteiger partial charge in [0.1, 0.15) is 5.75 Å². The molecule has 2 N–H and O–H groups in total. The van der Waals surface area contributed by atoms with Crippen LogP contribution < -0.4 is 10.1 Å². The van der Waals surface area contributed by atoms with Crippen molar-refractivity contribution in [3.05, 3.63) is 30.0 Å². The Hall–Kier alpha value is -1.48. The molecule has 0 unspecified atom stereocenters. The highest BCUT2D eigenvalue weighted by Crippen LogP contribution is 2.29. The summed E-state index contributed by atoms with van der Waals surface area (Å²) in [7, 11) is 1.75. The number of aromatic amines is 1. The van der Waals surface area contributed by atoms with E-state index < -0.39 is 0 Å². The zero-order chi connectivity index (χ0) is 12.4. The normalized spacial score (nSPS) is 16.5. The van der Waals surface area contributed by atoms with Crippen molar-refractivity contribution in [2.75, 3.05) is 7.11 Å². The van der Waals surface area contributed by atoms with Gasteiger partial charge in [0.2, 0.25) is 0 Å². The summed E-state index contributed by atoms with van der Waals surface area (Å²) in [5, 5.41) is 4.81. The van der Waals surface area contributed by atoms with Crippen molar-refractivity contribution in [2.45, 2.75) is 38.3 Å². The molecule has 0 atom stereocenters. The average molecular weight is 244 g/mol. The monoisotopic (exact) mass is 244 g/mol. The van der Waals surface area contributed by atoms with Gasteiger partial charge in [-0.3, -0.25) is 0 Å². The summed E-state index contributed by atoms with van der Waals surface area (Å²) in [6.45, 7) is 0.898. The minimum atomic E-state index is 0.691. The second kappa shape index (κ2) is 5.02. The van der Waals surface area contributed by atoms with Crippen molar-refractivity contribution >= 4 is 10.9 Å². The molecule has 0 saturated heterocycles. The summed E-state index contributed by atoms with van der Waals surface area (Å²) in [6.07, 6.45) is 7.32. The van der Waals surface area contributed by atoms with Gasteiger partial charge in [-0.1, -0.05) is 18.9 Å². The maximum Gasteiger partial charge on any atom is 0.132 e. The van der Waals surface area contributed by atoms with E-state index in [1.165, 1.54) is 36.6 Å². The Kier molecular flexibility index (Phi) is 3.24. The predicted molar refractivity (Wildman–Crippen MR) is 73.9 cm³/mol. The second-order valence-corrected chi connectivity index (χ2v) is 5.06. The molecule has 0 aliphatic heterocycles. The van der Waals surface area contributed by atoms with E-state index in [9.17, 15) is 0 Å². The number of H-pyrrole nitrogens is 1. The lowest BCUT2D eigenvalue weighted by molar-refractivity contribution is 0.410. The van der Waals surface area contributed by atoms with E-state index in [2.05, 4.69) is 28.5 Å². The Morgan fingerprint density at radius 3 is 2.89 bits per heavy atom. The predicted octanol–water partition coefficient (Wildman–Crippen LogP) is 3.21. The highest BCUT2D eigenvalue weighted by molar-refractivity contribution is 5.87. The van der Waals surface area contributed by atoms with Crippen molar-refractivity contribution in [1.82, 2.24) is 10.3 Å². The van der Waals surface area contributed by atoms with Gasteiger partial charge in [0, 0.05) is 35.2 Å². The minimum absolute atomic E-state index is 0.691. The van der Waals surface area contributed by atoms with Crippen LogP contribution in [0.25, 0.3) is 10.9 Å². The van der Waals surface area contributed by atoms with Crippen LogP contribution in [0.2, 0.25) is 0 Å². The summed E-state index contributed by atoms with van der Waals surface area (Å²) in [6, 6.07) is 7.05. The fourth-order valence-electron chi connectivity index (χ4n) is 2.92. The molecule has 2 aromatic rings. The van der Waals surface area contributed by atoms with Gasteiger partial charge in [-0.05, 0) is 25.0 Å². The molecule has 1 aromatic heterocycles. The van der Waals surface area contributed by atoms with Crippen LogP contribution in [0.5, 0.6) is 5.75 Å². The third-order valence-electron chi connectivity index (χ3n) is 3.91. The van der Waals surface area contributed by atoms with Crippen LogP contribution in [0.3, 0.4) is 0 Å². The molecule has 0 amide bonds. The van der Waals surface area contributed by atoms with Crippen molar-refractivity contribution in [2.24, 2.45) is 0 Å². The van der Waals surface area contributed by atoms with Gasteiger partial charge in [0.05, 0.1) is 7.11 Å². The summed E-state index contributed by atoms with van der Waals surface area (Å²) < 4.78 is 5.57. The average Bonchev–Trinajstić information content (AvgIpc) is 3.06. The van der Waals surface area contributed by atoms with Gasteiger partial charge < -0.3 is 15.0 Å². The van der Waals surface area contributed by atoms with E-state index >= 15 is 0 Å². The Morgan fingerprint density at radius 1 is 1.28 bits per heavy atom. The summed E-state index contributed by atoms with van der Waals surface area (Å²) >= 11 is 0. The van der Waals surface area contributed by atoms with E-state index in [0.717, 1.165) is 17.8 Å². The molecule has 1 saturated carbocycles. The van der Waals surface area contributed by atoms with Crippen molar-refractivity contribution in [3.8, 4) is 5.75 Å². The lowest BCUT2D eigenvalue weighted by atomic mass is 10.1. The van der Waals surface area contributed by atoms with Crippen molar-refractivity contribution in [3.63, 3.8) is 0 Å². The minimum Gasteiger partial charge on any atom is -0.496 e. The van der Waals surface area contributed by atoms with E-state index in [1.54, 1.807) is 7.11 Å². The first-order valence-electron chi connectivity index (χ1n) is 6.75. The quantitative estimate of drug-likeness (QED) is 0.866. The molecule has 1 aliphatic carbocycles. The highest BCUT2D eigenvalue weighted by Gasteiger charge is 2.15. The van der Waals surface area contributed by atoms with Crippen LogP contribution in [0.4, 0.5) is 0 Å². The van der Waals surface area contributed by atoms with E-state index in [1.807, 2.05) is 6.20 Å². The zero-order valence-corrected chi connectivity index (χ0v) is 10.8. The number of benzene rings is 1. The molecule has 3 heteroatoms. The summed E-state index contributed by atoms with van der Waals surface area (Å²) in [5.41, 5.74) is 2.38. The number of hydrogen-bond donors (Lipinski definition) is 2. The Labute approximate surface area is 108 Å². The molecule has 96 valence electrons. The molecule has 1 fully saturated rings. The van der Waals surface area contributed by atoms with Crippen LogP contribution in [0, 0.1) is 0 Å². The molecule has 1 aromatic carbocycles. The van der Waals surface area contributed by atoms with Gasteiger partial charge in [-0.2, -0.15) is 0 Å². The first-order valence-corrected chi connectivity index (χ1v) is 6.75. The maximum atomic E-state index is 5.57. The number of hydrogen-bond acceptors (Lipinski definition) is 2. The second-order valence-electron chi connectivity index (χ2n) is 5.06. The summed E-state index contributed by atoms with van der Waals surface area (Å²) in [5.74, 6) is 0.999. The third kappa shape index (κ3) is 2.10. The molecule has 1 heterocycles. The SMILES string of the molecule is COc1c(CNC2CCCC2)ccc2[nH]ccc12. The van der Waals surface area contributed by atoms with Crippen LogP contribution >= 0.6 is 0 Å². The lowest BCUT2D eigenvalue weighted by Gasteiger charge is -2.14. The molecule has 3 nitrogen and oxygen atoms in total. The zero-order valence-electron chi connectivity index (χ0n) is 10.8. The fourth-order valence-corrected chi connectivity index (χ4v) is 2.92. The van der Waals surface area contributed by atoms with Crippen molar-refractivity contribution in [1.29, 1.82) is 0 Å². The number of ether oxygens (including phenoxy) is 1. The highest BCUT2D eigenvalue weighted by atomic mass is 16.5. The third-order valence-corrected chi connectivity index (χ3v) is 3.91. The van der Waals surface area contributed by atoms with Gasteiger partial charge >= 0.3 is 0 Å². The summed E-state index contributed by atoms with van der Waals surface area (Å²) in [4.78, 5) is 3.22. The van der Waals surface area contributed by atoms with E-state index in [-0.39, 0.29) is 0 Å². The molecule has 1 aliphatic rings. The van der Waals surface area contributed by atoms with Crippen LogP contribution in [0.1, 0.15) is 31.2 Å². The topological polar surface area (TPSA) is 37.0 Å². The number of methoxy groups -OCH3 is 1. The standard InChI is InChI=1S/C15H20N2O/c1-18-15-11(10-17-12-4-2-3-5-12)6-7-14-13(15)8-9-16-14/h6-9,12,16-17H,2-5,10H2,1H3. The molecule has 0 spiro atoms. The molecule has 18 heavy (non-hydrogen) atoms. The van der Waals surface area contributed by atoms with E-state index in [4.69, 9.17) is 4.74 Å². The largest absolute Gasteiger partial charge is 0.496 e. The molecular formula is C15H20N2O. The lowest BCUT2D eigenvalue weighted by Crippen LogP contribution is -2.25. The molecule has 0 radical (unpaired) electrons. The first kappa shape index (κ1) is 11.6. The molecule has 3 rings (SSSR count).